The third kappa shape index (κ3) is 5.94. The molecule has 2 aromatic carbocycles. The predicted octanol–water partition coefficient (Wildman–Crippen LogP) is 3.42. The Kier molecular flexibility index (Phi) is 6.36. The van der Waals surface area contributed by atoms with Crippen LogP contribution in [0.15, 0.2) is 53.6 Å². The average Bonchev–Trinajstić information content (AvgIpc) is 2.56. The van der Waals surface area contributed by atoms with Crippen LogP contribution < -0.4 is 10.2 Å². The van der Waals surface area contributed by atoms with Crippen molar-refractivity contribution in [2.24, 2.45) is 5.10 Å². The second-order valence-corrected chi connectivity index (χ2v) is 5.41. The van der Waals surface area contributed by atoms with Gasteiger partial charge in [-0.2, -0.15) is 5.10 Å². The number of carbonyl (C=O) groups excluding carboxylic acids is 1. The normalized spacial score (nSPS) is 10.7. The van der Waals surface area contributed by atoms with Crippen molar-refractivity contribution >= 4 is 12.1 Å². The average molecular weight is 310 g/mol. The smallest absolute Gasteiger partial charge is 0.277 e. The van der Waals surface area contributed by atoms with Crippen molar-refractivity contribution in [2.75, 3.05) is 6.61 Å². The van der Waals surface area contributed by atoms with Crippen LogP contribution in [0.2, 0.25) is 0 Å². The Morgan fingerprint density at radius 3 is 2.65 bits per heavy atom. The molecule has 0 aliphatic heterocycles. The molecule has 4 nitrogen and oxygen atoms in total. The number of hydrazone groups is 1. The monoisotopic (exact) mass is 310 g/mol. The Morgan fingerprint density at radius 1 is 1.13 bits per heavy atom. The van der Waals surface area contributed by atoms with Gasteiger partial charge in [0, 0.05) is 6.21 Å². The van der Waals surface area contributed by atoms with E-state index in [4.69, 9.17) is 4.74 Å². The number of ether oxygens (including phenoxy) is 1. The predicted molar refractivity (Wildman–Crippen MR) is 92.8 cm³/mol. The van der Waals surface area contributed by atoms with Crippen LogP contribution in [-0.2, 0) is 11.2 Å². The molecule has 4 heteroatoms. The molecule has 120 valence electrons. The summed E-state index contributed by atoms with van der Waals surface area (Å²) in [6, 6.07) is 15.9. The lowest BCUT2D eigenvalue weighted by Gasteiger charge is -2.07. The van der Waals surface area contributed by atoms with E-state index in [-0.39, 0.29) is 12.5 Å². The highest BCUT2D eigenvalue weighted by atomic mass is 16.5. The standard InChI is InChI=1S/C19H22N2O2/c1-15-10-11-18(13-16(15)2)23-14-19(22)21-20-12-6-9-17-7-4-3-5-8-17/h3-5,7-8,10-13H,6,9,14H2,1-2H3,(H,21,22)/b20-12-. The summed E-state index contributed by atoms with van der Waals surface area (Å²) in [5, 5.41) is 3.93. The Balaban J connectivity index is 1.66. The molecular formula is C19H22N2O2. The van der Waals surface area contributed by atoms with Gasteiger partial charge in [0.05, 0.1) is 0 Å². The van der Waals surface area contributed by atoms with E-state index in [9.17, 15) is 4.79 Å². The number of aryl methyl sites for hydroxylation is 3. The molecule has 0 bridgehead atoms. The molecule has 23 heavy (non-hydrogen) atoms. The minimum Gasteiger partial charge on any atom is -0.484 e. The van der Waals surface area contributed by atoms with Crippen LogP contribution in [0.4, 0.5) is 0 Å². The first-order valence-electron chi connectivity index (χ1n) is 7.69. The first-order chi connectivity index (χ1) is 11.1. The molecule has 0 atom stereocenters. The van der Waals surface area contributed by atoms with Crippen molar-refractivity contribution in [3.05, 3.63) is 65.2 Å². The number of nitrogens with one attached hydrogen (secondary N) is 1. The van der Waals surface area contributed by atoms with Gasteiger partial charge in [0.1, 0.15) is 5.75 Å². The van der Waals surface area contributed by atoms with Gasteiger partial charge in [-0.1, -0.05) is 36.4 Å². The van der Waals surface area contributed by atoms with Crippen molar-refractivity contribution in [3.8, 4) is 5.75 Å². The fourth-order valence-corrected chi connectivity index (χ4v) is 2.04. The summed E-state index contributed by atoms with van der Waals surface area (Å²) in [6.07, 6.45) is 3.39. The number of benzene rings is 2. The Hall–Kier alpha value is -2.62. The zero-order valence-corrected chi connectivity index (χ0v) is 13.6. The molecule has 0 saturated heterocycles. The topological polar surface area (TPSA) is 50.7 Å². The zero-order valence-electron chi connectivity index (χ0n) is 13.6. The van der Waals surface area contributed by atoms with Crippen LogP contribution in [-0.4, -0.2) is 18.7 Å². The van der Waals surface area contributed by atoms with Crippen molar-refractivity contribution < 1.29 is 9.53 Å². The van der Waals surface area contributed by atoms with E-state index in [1.54, 1.807) is 6.21 Å². The van der Waals surface area contributed by atoms with Crippen LogP contribution in [0.1, 0.15) is 23.1 Å². The maximum absolute atomic E-state index is 11.7. The molecule has 0 aromatic heterocycles. The summed E-state index contributed by atoms with van der Waals surface area (Å²) in [6.45, 7) is 4.01. The summed E-state index contributed by atoms with van der Waals surface area (Å²) >= 11 is 0. The molecule has 2 rings (SSSR count). The van der Waals surface area contributed by atoms with E-state index >= 15 is 0 Å². The molecule has 0 aliphatic carbocycles. The first-order valence-corrected chi connectivity index (χ1v) is 7.69. The van der Waals surface area contributed by atoms with Crippen molar-refractivity contribution in [2.45, 2.75) is 26.7 Å². The maximum Gasteiger partial charge on any atom is 0.277 e. The lowest BCUT2D eigenvalue weighted by atomic mass is 10.1. The Labute approximate surface area is 137 Å². The van der Waals surface area contributed by atoms with E-state index in [0.29, 0.717) is 5.75 Å². The molecule has 1 amide bonds. The van der Waals surface area contributed by atoms with Gasteiger partial charge in [-0.25, -0.2) is 5.43 Å². The molecule has 0 unspecified atom stereocenters. The number of nitrogens with zero attached hydrogens (tertiary/aromatic N) is 1. The molecule has 0 heterocycles. The fraction of sp³-hybridized carbons (Fsp3) is 0.263. The summed E-state index contributed by atoms with van der Waals surface area (Å²) in [5.41, 5.74) is 6.06. The van der Waals surface area contributed by atoms with Crippen molar-refractivity contribution in [3.63, 3.8) is 0 Å². The van der Waals surface area contributed by atoms with E-state index in [0.717, 1.165) is 18.4 Å². The quantitative estimate of drug-likeness (QED) is 0.629. The third-order valence-electron chi connectivity index (χ3n) is 3.53. The second kappa shape index (κ2) is 8.73. The lowest BCUT2D eigenvalue weighted by Crippen LogP contribution is -2.24. The van der Waals surface area contributed by atoms with Crippen LogP contribution in [0.25, 0.3) is 0 Å². The van der Waals surface area contributed by atoms with Gasteiger partial charge in [-0.15, -0.1) is 0 Å². The SMILES string of the molecule is Cc1ccc(OCC(=O)N/N=C\CCc2ccccc2)cc1C. The summed E-state index contributed by atoms with van der Waals surface area (Å²) < 4.78 is 5.44. The Morgan fingerprint density at radius 2 is 1.91 bits per heavy atom. The Bertz CT molecular complexity index is 666. The molecule has 0 spiro atoms. The lowest BCUT2D eigenvalue weighted by molar-refractivity contribution is -0.123. The van der Waals surface area contributed by atoms with Gasteiger partial charge in [0.2, 0.25) is 0 Å². The van der Waals surface area contributed by atoms with Crippen LogP contribution in [0.5, 0.6) is 5.75 Å². The van der Waals surface area contributed by atoms with Gasteiger partial charge in [-0.05, 0) is 55.5 Å². The molecule has 0 radical (unpaired) electrons. The second-order valence-electron chi connectivity index (χ2n) is 5.41. The molecule has 2 aromatic rings. The fourth-order valence-electron chi connectivity index (χ4n) is 2.04. The van der Waals surface area contributed by atoms with Crippen LogP contribution in [0, 0.1) is 13.8 Å². The van der Waals surface area contributed by atoms with Gasteiger partial charge in [0.15, 0.2) is 6.61 Å². The van der Waals surface area contributed by atoms with Gasteiger partial charge in [0.25, 0.3) is 5.91 Å². The van der Waals surface area contributed by atoms with E-state index < -0.39 is 0 Å². The molecule has 1 N–H and O–H groups in total. The van der Waals surface area contributed by atoms with E-state index in [1.807, 2.05) is 50.2 Å². The van der Waals surface area contributed by atoms with Crippen molar-refractivity contribution in [1.82, 2.24) is 5.43 Å². The summed E-state index contributed by atoms with van der Waals surface area (Å²) in [7, 11) is 0. The molecule has 0 aliphatic rings. The summed E-state index contributed by atoms with van der Waals surface area (Å²) in [5.74, 6) is 0.426. The van der Waals surface area contributed by atoms with Gasteiger partial charge >= 0.3 is 0 Å². The highest BCUT2D eigenvalue weighted by Crippen LogP contribution is 2.16. The minimum absolute atomic E-state index is 0.0431. The number of carbonyl (C=O) groups is 1. The number of amides is 1. The maximum atomic E-state index is 11.7. The highest BCUT2D eigenvalue weighted by Gasteiger charge is 2.02. The number of rotatable bonds is 7. The molecular weight excluding hydrogens is 288 g/mol. The van der Waals surface area contributed by atoms with Gasteiger partial charge < -0.3 is 4.74 Å². The van der Waals surface area contributed by atoms with E-state index in [2.05, 4.69) is 22.7 Å². The van der Waals surface area contributed by atoms with Crippen molar-refractivity contribution in [1.29, 1.82) is 0 Å². The molecule has 0 saturated carbocycles. The number of hydrogen-bond donors (Lipinski definition) is 1. The van der Waals surface area contributed by atoms with Crippen LogP contribution in [0.3, 0.4) is 0 Å². The number of hydrogen-bond acceptors (Lipinski definition) is 3. The highest BCUT2D eigenvalue weighted by molar-refractivity contribution is 5.78. The third-order valence-corrected chi connectivity index (χ3v) is 3.53. The van der Waals surface area contributed by atoms with Crippen LogP contribution >= 0.6 is 0 Å². The summed E-state index contributed by atoms with van der Waals surface area (Å²) in [4.78, 5) is 11.7. The van der Waals surface area contributed by atoms with E-state index in [1.165, 1.54) is 11.1 Å². The first kappa shape index (κ1) is 16.7. The molecule has 0 fully saturated rings. The van der Waals surface area contributed by atoms with Gasteiger partial charge in [-0.3, -0.25) is 4.79 Å². The largest absolute Gasteiger partial charge is 0.484 e. The minimum atomic E-state index is -0.265. The zero-order chi connectivity index (χ0) is 16.5.